The van der Waals surface area contributed by atoms with Gasteiger partial charge in [-0.05, 0) is 63.9 Å². The van der Waals surface area contributed by atoms with Crippen molar-refractivity contribution in [1.29, 1.82) is 0 Å². The molecule has 0 aromatic rings. The van der Waals surface area contributed by atoms with Crippen molar-refractivity contribution < 1.29 is 24.2 Å². The van der Waals surface area contributed by atoms with E-state index in [1.165, 1.54) is 0 Å². The summed E-state index contributed by atoms with van der Waals surface area (Å²) in [4.78, 5) is 25.1. The minimum absolute atomic E-state index is 0.0870. The zero-order valence-electron chi connectivity index (χ0n) is 15.2. The van der Waals surface area contributed by atoms with Crippen LogP contribution in [0, 0.1) is 5.92 Å². The van der Waals surface area contributed by atoms with Gasteiger partial charge in [-0.3, -0.25) is 4.79 Å². The second kappa shape index (κ2) is 6.36. The van der Waals surface area contributed by atoms with E-state index in [4.69, 9.17) is 9.47 Å². The number of carbonyl (C=O) groups excluding carboxylic acids is 2. The molecule has 5 nitrogen and oxygen atoms in total. The summed E-state index contributed by atoms with van der Waals surface area (Å²) < 4.78 is 11.7. The molecule has 0 aliphatic carbocycles. The van der Waals surface area contributed by atoms with E-state index in [9.17, 15) is 14.7 Å². The first-order valence-electron chi connectivity index (χ1n) is 9.13. The average molecular weight is 348 g/mol. The largest absolute Gasteiger partial charge is 0.448 e. The van der Waals surface area contributed by atoms with Crippen molar-refractivity contribution in [2.24, 2.45) is 5.92 Å². The lowest BCUT2D eigenvalue weighted by molar-refractivity contribution is -0.161. The number of carbonyl (C=O) groups is 2. The molecule has 3 fully saturated rings. The molecule has 0 aromatic carbocycles. The highest BCUT2D eigenvalue weighted by Gasteiger charge is 2.47. The summed E-state index contributed by atoms with van der Waals surface area (Å²) in [5, 5.41) is 10.8. The molecular formula is C20H28O5. The number of ether oxygens (including phenoxy) is 2. The molecule has 1 N–H and O–H groups in total. The third-order valence-corrected chi connectivity index (χ3v) is 6.29. The second-order valence-electron chi connectivity index (χ2n) is 8.17. The first kappa shape index (κ1) is 18.3. The summed E-state index contributed by atoms with van der Waals surface area (Å²) in [5.74, 6) is -0.826. The van der Waals surface area contributed by atoms with Gasteiger partial charge in [0.15, 0.2) is 11.4 Å². The van der Waals surface area contributed by atoms with E-state index in [0.29, 0.717) is 31.3 Å². The summed E-state index contributed by atoms with van der Waals surface area (Å²) in [7, 11) is 0. The fourth-order valence-electron chi connectivity index (χ4n) is 4.18. The quantitative estimate of drug-likeness (QED) is 0.414. The molecule has 3 aliphatic heterocycles. The Bertz CT molecular complexity index is 624. The number of fused-ring (bicyclic) bond motifs is 5. The summed E-state index contributed by atoms with van der Waals surface area (Å²) in [6.07, 6.45) is 2.88. The number of hydrogen-bond acceptors (Lipinski definition) is 5. The third kappa shape index (κ3) is 3.32. The first-order valence-corrected chi connectivity index (χ1v) is 9.13. The Hall–Kier alpha value is -1.46. The third-order valence-electron chi connectivity index (χ3n) is 6.29. The summed E-state index contributed by atoms with van der Waals surface area (Å²) in [6.45, 7) is 11.6. The van der Waals surface area contributed by atoms with Gasteiger partial charge in [-0.15, -0.1) is 0 Å². The van der Waals surface area contributed by atoms with Crippen molar-refractivity contribution in [2.45, 2.75) is 82.2 Å². The Morgan fingerprint density at radius 2 is 1.84 bits per heavy atom. The maximum Gasteiger partial charge on any atom is 0.334 e. The van der Waals surface area contributed by atoms with Crippen LogP contribution in [-0.2, 0) is 19.1 Å². The minimum Gasteiger partial charge on any atom is -0.448 e. The van der Waals surface area contributed by atoms with E-state index in [-0.39, 0.29) is 24.2 Å². The Morgan fingerprint density at radius 1 is 1.12 bits per heavy atom. The molecule has 3 aliphatic rings. The first-order chi connectivity index (χ1) is 11.6. The van der Waals surface area contributed by atoms with Gasteiger partial charge in [0.1, 0.15) is 0 Å². The molecule has 0 amide bonds. The van der Waals surface area contributed by atoms with Crippen LogP contribution >= 0.6 is 0 Å². The van der Waals surface area contributed by atoms with Crippen LogP contribution in [-0.4, -0.2) is 40.3 Å². The summed E-state index contributed by atoms with van der Waals surface area (Å²) in [5.41, 5.74) is -0.575. The van der Waals surface area contributed by atoms with Gasteiger partial charge >= 0.3 is 5.97 Å². The number of Topliss-reactive ketones (excluding diaryl/α,β-unsaturated/α-hetero) is 1. The molecule has 3 rings (SSSR count). The highest BCUT2D eigenvalue weighted by molar-refractivity contribution is 5.94. The molecule has 0 radical (unpaired) electrons. The van der Waals surface area contributed by atoms with E-state index in [1.807, 2.05) is 6.92 Å². The molecule has 5 heteroatoms. The molecule has 3 saturated heterocycles. The van der Waals surface area contributed by atoms with Gasteiger partial charge in [-0.25, -0.2) is 4.79 Å². The molecule has 0 aromatic heterocycles. The van der Waals surface area contributed by atoms with E-state index < -0.39 is 23.3 Å². The maximum absolute atomic E-state index is 12.7. The smallest absolute Gasteiger partial charge is 0.334 e. The number of aliphatic hydroxyl groups excluding tert-OH is 1. The van der Waals surface area contributed by atoms with Crippen LogP contribution < -0.4 is 0 Å². The van der Waals surface area contributed by atoms with Gasteiger partial charge in [0, 0.05) is 12.0 Å². The SMILES string of the molecule is C=C1C(=O)OC2(C)CCC1CC(O)C1(C)CCC(O1)C(=C)CCC2=O. The van der Waals surface area contributed by atoms with Crippen LogP contribution in [0.25, 0.3) is 0 Å². The van der Waals surface area contributed by atoms with E-state index in [0.717, 1.165) is 18.4 Å². The highest BCUT2D eigenvalue weighted by Crippen LogP contribution is 2.42. The Morgan fingerprint density at radius 3 is 2.56 bits per heavy atom. The van der Waals surface area contributed by atoms with Crippen LogP contribution in [0.15, 0.2) is 24.3 Å². The van der Waals surface area contributed by atoms with Crippen molar-refractivity contribution in [3.05, 3.63) is 24.3 Å². The highest BCUT2D eigenvalue weighted by atomic mass is 16.6. The van der Waals surface area contributed by atoms with Crippen LogP contribution in [0.5, 0.6) is 0 Å². The van der Waals surface area contributed by atoms with Crippen molar-refractivity contribution in [3.63, 3.8) is 0 Å². The topological polar surface area (TPSA) is 72.8 Å². The van der Waals surface area contributed by atoms with Gasteiger partial charge in [0.2, 0.25) is 0 Å². The molecule has 138 valence electrons. The van der Waals surface area contributed by atoms with Gasteiger partial charge in [0.25, 0.3) is 0 Å². The Balaban J connectivity index is 1.94. The van der Waals surface area contributed by atoms with Crippen LogP contribution in [0.2, 0.25) is 0 Å². The molecule has 5 unspecified atom stereocenters. The van der Waals surface area contributed by atoms with Crippen LogP contribution in [0.4, 0.5) is 0 Å². The van der Waals surface area contributed by atoms with E-state index in [1.54, 1.807) is 6.92 Å². The lowest BCUT2D eigenvalue weighted by Crippen LogP contribution is -2.41. The predicted octanol–water partition coefficient (Wildman–Crippen LogP) is 2.86. The predicted molar refractivity (Wildman–Crippen MR) is 92.9 cm³/mol. The van der Waals surface area contributed by atoms with Crippen molar-refractivity contribution in [2.75, 3.05) is 0 Å². The van der Waals surface area contributed by atoms with Crippen molar-refractivity contribution in [3.8, 4) is 0 Å². The van der Waals surface area contributed by atoms with Gasteiger partial charge in [-0.1, -0.05) is 13.2 Å². The maximum atomic E-state index is 12.7. The number of esters is 1. The monoisotopic (exact) mass is 348 g/mol. The Labute approximate surface area is 149 Å². The average Bonchev–Trinajstić information content (AvgIpc) is 2.93. The number of hydrogen-bond donors (Lipinski definition) is 1. The fraction of sp³-hybridized carbons (Fsp3) is 0.700. The number of aliphatic hydroxyl groups is 1. The standard InChI is InChI=1S/C20H28O5/c1-12-5-6-16(21)19(3)9-7-14(13(2)18(23)25-19)11-17(22)20(4)10-8-15(12)24-20/h14-15,17,22H,1-2,5-11H2,3-4H3. The molecule has 5 atom stereocenters. The van der Waals surface area contributed by atoms with Crippen LogP contribution in [0.3, 0.4) is 0 Å². The molecule has 3 heterocycles. The van der Waals surface area contributed by atoms with Gasteiger partial charge in [-0.2, -0.15) is 0 Å². The molecule has 0 spiro atoms. The van der Waals surface area contributed by atoms with Gasteiger partial charge < -0.3 is 14.6 Å². The van der Waals surface area contributed by atoms with E-state index >= 15 is 0 Å². The zero-order chi connectivity index (χ0) is 18.4. The molecule has 0 saturated carbocycles. The summed E-state index contributed by atoms with van der Waals surface area (Å²) >= 11 is 0. The lowest BCUT2D eigenvalue weighted by atomic mass is 9.81. The molecule has 4 bridgehead atoms. The molecular weight excluding hydrogens is 320 g/mol. The number of ketones is 1. The number of rotatable bonds is 0. The Kier molecular flexibility index (Phi) is 4.67. The van der Waals surface area contributed by atoms with Gasteiger partial charge in [0.05, 0.1) is 17.8 Å². The fourth-order valence-corrected chi connectivity index (χ4v) is 4.18. The van der Waals surface area contributed by atoms with Crippen LogP contribution in [0.1, 0.15) is 58.8 Å². The summed E-state index contributed by atoms with van der Waals surface area (Å²) in [6, 6.07) is 0. The van der Waals surface area contributed by atoms with Crippen molar-refractivity contribution in [1.82, 2.24) is 0 Å². The zero-order valence-corrected chi connectivity index (χ0v) is 15.2. The molecule has 25 heavy (non-hydrogen) atoms. The van der Waals surface area contributed by atoms with Crippen molar-refractivity contribution >= 4 is 11.8 Å². The lowest BCUT2D eigenvalue weighted by Gasteiger charge is -2.33. The normalized spacial score (nSPS) is 43.1. The van der Waals surface area contributed by atoms with E-state index in [2.05, 4.69) is 13.2 Å². The second-order valence-corrected chi connectivity index (χ2v) is 8.17. The minimum atomic E-state index is -1.13.